The normalized spacial score (nSPS) is 13.1. The van der Waals surface area contributed by atoms with Crippen LogP contribution < -0.4 is 5.32 Å². The lowest BCUT2D eigenvalue weighted by Gasteiger charge is -2.17. The van der Waals surface area contributed by atoms with E-state index in [0.29, 0.717) is 6.17 Å². The van der Waals surface area contributed by atoms with Crippen molar-refractivity contribution < 1.29 is 0 Å². The van der Waals surface area contributed by atoms with Gasteiger partial charge in [0.15, 0.2) is 0 Å². The van der Waals surface area contributed by atoms with E-state index in [-0.39, 0.29) is 12.4 Å². The van der Waals surface area contributed by atoms with Crippen LogP contribution in [0.4, 0.5) is 0 Å². The van der Waals surface area contributed by atoms with E-state index in [2.05, 4.69) is 17.1 Å². The molecule has 0 fully saturated rings. The van der Waals surface area contributed by atoms with Crippen LogP contribution in [-0.2, 0) is 0 Å². The Balaban J connectivity index is 0. The molecule has 0 aromatic heterocycles. The largest absolute Gasteiger partial charge is 0.305 e. The second-order valence-corrected chi connectivity index (χ2v) is 1.93. The smallest absolute Gasteiger partial charge is 0.0560 e. The first-order valence-electron chi connectivity index (χ1n) is 2.52. The molecular weight excluding hydrogens is 124 g/mol. The Hall–Kier alpha value is 0.210. The van der Waals surface area contributed by atoms with E-state index in [1.165, 1.54) is 0 Å². The van der Waals surface area contributed by atoms with Crippen LogP contribution in [0.5, 0.6) is 0 Å². The summed E-state index contributed by atoms with van der Waals surface area (Å²) in [6.07, 6.45) is 0.486. The van der Waals surface area contributed by atoms with Crippen molar-refractivity contribution in [3.05, 3.63) is 0 Å². The number of hydrogen-bond donors (Lipinski definition) is 1. The highest BCUT2D eigenvalue weighted by atomic mass is 35.5. The summed E-state index contributed by atoms with van der Waals surface area (Å²) in [6, 6.07) is 0. The summed E-state index contributed by atoms with van der Waals surface area (Å²) >= 11 is 0. The highest BCUT2D eigenvalue weighted by molar-refractivity contribution is 5.85. The highest BCUT2D eigenvalue weighted by Crippen LogP contribution is 1.80. The summed E-state index contributed by atoms with van der Waals surface area (Å²) in [4.78, 5) is 2.11. The van der Waals surface area contributed by atoms with E-state index >= 15 is 0 Å². The SMILES string of the molecule is CNC(C)N(C)C.Cl. The Morgan fingerprint density at radius 3 is 1.75 bits per heavy atom. The Bertz CT molecular complexity index is 47.7. The topological polar surface area (TPSA) is 15.3 Å². The second kappa shape index (κ2) is 5.35. The highest BCUT2D eigenvalue weighted by Gasteiger charge is 1.95. The fourth-order valence-electron chi connectivity index (χ4n) is 0.258. The predicted octanol–water partition coefficient (Wildman–Crippen LogP) is 0.535. The number of hydrogen-bond acceptors (Lipinski definition) is 2. The molecule has 0 saturated heterocycles. The molecule has 0 saturated carbocycles. The molecule has 0 aliphatic rings. The second-order valence-electron chi connectivity index (χ2n) is 1.93. The third-order valence-corrected chi connectivity index (χ3v) is 1.19. The molecule has 0 aromatic carbocycles. The molecule has 0 aromatic rings. The summed E-state index contributed by atoms with van der Waals surface area (Å²) in [7, 11) is 6.03. The van der Waals surface area contributed by atoms with Gasteiger partial charge < -0.3 is 5.32 Å². The van der Waals surface area contributed by atoms with E-state index in [0.717, 1.165) is 0 Å². The van der Waals surface area contributed by atoms with Gasteiger partial charge in [-0.2, -0.15) is 0 Å². The molecule has 0 spiro atoms. The van der Waals surface area contributed by atoms with Crippen molar-refractivity contribution in [3.63, 3.8) is 0 Å². The zero-order valence-corrected chi connectivity index (χ0v) is 6.75. The van der Waals surface area contributed by atoms with E-state index in [1.807, 2.05) is 21.1 Å². The Kier molecular flexibility index (Phi) is 7.40. The molecule has 0 aliphatic heterocycles. The van der Waals surface area contributed by atoms with E-state index in [9.17, 15) is 0 Å². The molecule has 52 valence electrons. The summed E-state index contributed by atoms with van der Waals surface area (Å²) in [5.74, 6) is 0. The quantitative estimate of drug-likeness (QED) is 0.561. The molecule has 0 bridgehead atoms. The summed E-state index contributed by atoms with van der Waals surface area (Å²) in [5, 5.41) is 3.09. The van der Waals surface area contributed by atoms with Gasteiger partial charge in [-0.15, -0.1) is 12.4 Å². The van der Waals surface area contributed by atoms with Crippen LogP contribution in [-0.4, -0.2) is 32.2 Å². The first-order valence-corrected chi connectivity index (χ1v) is 2.52. The van der Waals surface area contributed by atoms with Gasteiger partial charge in [0.1, 0.15) is 0 Å². The Morgan fingerprint density at radius 2 is 1.75 bits per heavy atom. The average Bonchev–Trinajstić information content (AvgIpc) is 1.65. The minimum Gasteiger partial charge on any atom is -0.305 e. The fourth-order valence-corrected chi connectivity index (χ4v) is 0.258. The molecule has 1 N–H and O–H groups in total. The van der Waals surface area contributed by atoms with Crippen LogP contribution in [0, 0.1) is 0 Å². The third-order valence-electron chi connectivity index (χ3n) is 1.19. The molecule has 1 atom stereocenters. The number of rotatable bonds is 2. The zero-order valence-electron chi connectivity index (χ0n) is 5.93. The fraction of sp³-hybridized carbons (Fsp3) is 1.00. The first kappa shape index (κ1) is 11.1. The summed E-state index contributed by atoms with van der Waals surface area (Å²) in [6.45, 7) is 2.11. The molecule has 0 rings (SSSR count). The maximum absolute atomic E-state index is 3.09. The Labute approximate surface area is 57.7 Å². The number of halogens is 1. The molecule has 2 nitrogen and oxygen atoms in total. The number of nitrogens with zero attached hydrogens (tertiary/aromatic N) is 1. The zero-order chi connectivity index (χ0) is 5.86. The minimum atomic E-state index is 0. The number of nitrogens with one attached hydrogen (secondary N) is 1. The first-order chi connectivity index (χ1) is 3.18. The van der Waals surface area contributed by atoms with Gasteiger partial charge >= 0.3 is 0 Å². The van der Waals surface area contributed by atoms with Crippen LogP contribution in [0.1, 0.15) is 6.92 Å². The van der Waals surface area contributed by atoms with Gasteiger partial charge in [-0.1, -0.05) is 0 Å². The molecule has 0 heterocycles. The van der Waals surface area contributed by atoms with Gasteiger partial charge in [-0.05, 0) is 28.1 Å². The standard InChI is InChI=1S/C5H14N2.ClH/c1-5(6-2)7(3)4;/h5-6H,1-4H3;1H. The van der Waals surface area contributed by atoms with Gasteiger partial charge in [0.25, 0.3) is 0 Å². The predicted molar refractivity (Wildman–Crippen MR) is 39.5 cm³/mol. The molecule has 1 unspecified atom stereocenters. The van der Waals surface area contributed by atoms with Crippen molar-refractivity contribution in [1.29, 1.82) is 0 Å². The van der Waals surface area contributed by atoms with Crippen molar-refractivity contribution in [1.82, 2.24) is 10.2 Å². The van der Waals surface area contributed by atoms with Crippen LogP contribution in [0.3, 0.4) is 0 Å². The van der Waals surface area contributed by atoms with Gasteiger partial charge in [0.2, 0.25) is 0 Å². The van der Waals surface area contributed by atoms with Gasteiger partial charge in [0, 0.05) is 0 Å². The molecule has 0 aliphatic carbocycles. The van der Waals surface area contributed by atoms with Crippen molar-refractivity contribution in [3.8, 4) is 0 Å². The van der Waals surface area contributed by atoms with Crippen molar-refractivity contribution >= 4 is 12.4 Å². The molecule has 3 heteroatoms. The monoisotopic (exact) mass is 138 g/mol. The van der Waals surface area contributed by atoms with Crippen molar-refractivity contribution in [2.24, 2.45) is 0 Å². The lowest BCUT2D eigenvalue weighted by molar-refractivity contribution is 0.280. The lowest BCUT2D eigenvalue weighted by atomic mass is 10.5. The van der Waals surface area contributed by atoms with E-state index in [4.69, 9.17) is 0 Å². The third kappa shape index (κ3) is 4.37. The molecule has 8 heavy (non-hydrogen) atoms. The van der Waals surface area contributed by atoms with Crippen LogP contribution in [0.2, 0.25) is 0 Å². The van der Waals surface area contributed by atoms with Crippen molar-refractivity contribution in [2.75, 3.05) is 21.1 Å². The van der Waals surface area contributed by atoms with Gasteiger partial charge in [-0.3, -0.25) is 4.90 Å². The Morgan fingerprint density at radius 1 is 1.38 bits per heavy atom. The van der Waals surface area contributed by atoms with E-state index in [1.54, 1.807) is 0 Å². The average molecular weight is 139 g/mol. The van der Waals surface area contributed by atoms with Gasteiger partial charge in [-0.25, -0.2) is 0 Å². The minimum absolute atomic E-state index is 0. The van der Waals surface area contributed by atoms with Crippen LogP contribution >= 0.6 is 12.4 Å². The van der Waals surface area contributed by atoms with E-state index < -0.39 is 0 Å². The van der Waals surface area contributed by atoms with Crippen molar-refractivity contribution in [2.45, 2.75) is 13.1 Å². The summed E-state index contributed by atoms with van der Waals surface area (Å²) in [5.41, 5.74) is 0. The lowest BCUT2D eigenvalue weighted by Crippen LogP contribution is -2.35. The maximum atomic E-state index is 3.09. The summed E-state index contributed by atoms with van der Waals surface area (Å²) < 4.78 is 0. The van der Waals surface area contributed by atoms with Gasteiger partial charge in [0.05, 0.1) is 6.17 Å². The molecule has 0 radical (unpaired) electrons. The molecular formula is C5H15ClN2. The van der Waals surface area contributed by atoms with Crippen LogP contribution in [0.25, 0.3) is 0 Å². The van der Waals surface area contributed by atoms with Crippen LogP contribution in [0.15, 0.2) is 0 Å². The molecule has 0 amide bonds. The maximum Gasteiger partial charge on any atom is 0.0560 e.